The number of aliphatic hydroxyl groups excluding tert-OH is 1. The maximum atomic E-state index is 13.1. The Morgan fingerprint density at radius 1 is 1.31 bits per heavy atom. The summed E-state index contributed by atoms with van der Waals surface area (Å²) in [5.41, 5.74) is 1.43. The van der Waals surface area contributed by atoms with Crippen LogP contribution in [0.5, 0.6) is 0 Å². The minimum Gasteiger partial charge on any atom is -0.458 e. The third kappa shape index (κ3) is 1.71. The molecule has 1 N–H and O–H groups in total. The Hall–Kier alpha value is -1.35. The Morgan fingerprint density at radius 2 is 2.00 bits per heavy atom. The SMILES string of the molecule is Cc1c(C(O)C(C)C)oc2ccc(F)cc12. The summed E-state index contributed by atoms with van der Waals surface area (Å²) in [5, 5.41) is 10.7. The molecule has 2 nitrogen and oxygen atoms in total. The fourth-order valence-electron chi connectivity index (χ4n) is 1.80. The van der Waals surface area contributed by atoms with Crippen LogP contribution in [-0.2, 0) is 0 Å². The van der Waals surface area contributed by atoms with Crippen molar-refractivity contribution in [3.63, 3.8) is 0 Å². The highest BCUT2D eigenvalue weighted by molar-refractivity contribution is 5.82. The van der Waals surface area contributed by atoms with Crippen LogP contribution in [0.4, 0.5) is 4.39 Å². The molecule has 1 heterocycles. The molecule has 0 radical (unpaired) electrons. The second kappa shape index (κ2) is 3.91. The van der Waals surface area contributed by atoms with E-state index in [0.717, 1.165) is 10.9 Å². The van der Waals surface area contributed by atoms with Crippen molar-refractivity contribution in [2.24, 2.45) is 5.92 Å². The Kier molecular flexibility index (Phi) is 2.72. The molecular formula is C13H15FO2. The number of hydrogen-bond donors (Lipinski definition) is 1. The van der Waals surface area contributed by atoms with Crippen LogP contribution in [0.1, 0.15) is 31.3 Å². The van der Waals surface area contributed by atoms with Gasteiger partial charge in [-0.15, -0.1) is 0 Å². The molecule has 1 atom stereocenters. The average Bonchev–Trinajstić information content (AvgIpc) is 2.55. The van der Waals surface area contributed by atoms with Crippen LogP contribution in [0, 0.1) is 18.7 Å². The van der Waals surface area contributed by atoms with Crippen molar-refractivity contribution >= 4 is 11.0 Å². The Balaban J connectivity index is 2.60. The highest BCUT2D eigenvalue weighted by Crippen LogP contribution is 2.32. The highest BCUT2D eigenvalue weighted by Gasteiger charge is 2.20. The second-order valence-electron chi connectivity index (χ2n) is 4.42. The summed E-state index contributed by atoms with van der Waals surface area (Å²) in [5.74, 6) is 0.321. The van der Waals surface area contributed by atoms with Crippen LogP contribution in [0.2, 0.25) is 0 Å². The summed E-state index contributed by atoms with van der Waals surface area (Å²) in [6.45, 7) is 5.67. The zero-order valence-electron chi connectivity index (χ0n) is 9.62. The molecular weight excluding hydrogens is 207 g/mol. The Morgan fingerprint density at radius 3 is 2.62 bits per heavy atom. The lowest BCUT2D eigenvalue weighted by Gasteiger charge is -2.12. The van der Waals surface area contributed by atoms with E-state index in [2.05, 4.69) is 0 Å². The van der Waals surface area contributed by atoms with E-state index in [4.69, 9.17) is 4.42 Å². The minimum absolute atomic E-state index is 0.0732. The topological polar surface area (TPSA) is 33.4 Å². The number of furan rings is 1. The molecule has 2 rings (SSSR count). The first-order chi connectivity index (χ1) is 7.50. The molecule has 0 aliphatic rings. The number of rotatable bonds is 2. The molecule has 0 aliphatic carbocycles. The van der Waals surface area contributed by atoms with E-state index < -0.39 is 6.10 Å². The maximum Gasteiger partial charge on any atom is 0.136 e. The van der Waals surface area contributed by atoms with Crippen LogP contribution >= 0.6 is 0 Å². The molecule has 16 heavy (non-hydrogen) atoms. The lowest BCUT2D eigenvalue weighted by Crippen LogP contribution is -2.05. The summed E-state index contributed by atoms with van der Waals surface area (Å²) < 4.78 is 18.6. The van der Waals surface area contributed by atoms with Crippen molar-refractivity contribution < 1.29 is 13.9 Å². The fraction of sp³-hybridized carbons (Fsp3) is 0.385. The molecule has 86 valence electrons. The van der Waals surface area contributed by atoms with E-state index >= 15 is 0 Å². The first-order valence-electron chi connectivity index (χ1n) is 5.37. The number of halogens is 1. The van der Waals surface area contributed by atoms with Crippen LogP contribution in [0.25, 0.3) is 11.0 Å². The number of hydrogen-bond acceptors (Lipinski definition) is 2. The average molecular weight is 222 g/mol. The first kappa shape index (κ1) is 11.1. The van der Waals surface area contributed by atoms with Crippen molar-refractivity contribution in [2.45, 2.75) is 26.9 Å². The van der Waals surface area contributed by atoms with Gasteiger partial charge in [0.2, 0.25) is 0 Å². The second-order valence-corrected chi connectivity index (χ2v) is 4.42. The zero-order chi connectivity index (χ0) is 11.9. The first-order valence-corrected chi connectivity index (χ1v) is 5.37. The molecule has 2 aromatic rings. The summed E-state index contributed by atoms with van der Waals surface area (Å²) in [7, 11) is 0. The van der Waals surface area contributed by atoms with Gasteiger partial charge in [0.05, 0.1) is 0 Å². The summed E-state index contributed by atoms with van der Waals surface area (Å²) in [6.07, 6.45) is -0.643. The predicted octanol–water partition coefficient (Wildman–Crippen LogP) is 3.57. The van der Waals surface area contributed by atoms with Gasteiger partial charge >= 0.3 is 0 Å². The minimum atomic E-state index is -0.643. The largest absolute Gasteiger partial charge is 0.458 e. The number of aliphatic hydroxyl groups is 1. The quantitative estimate of drug-likeness (QED) is 0.842. The molecule has 0 saturated carbocycles. The van der Waals surface area contributed by atoms with Gasteiger partial charge < -0.3 is 9.52 Å². The predicted molar refractivity (Wildman–Crippen MR) is 60.7 cm³/mol. The lowest BCUT2D eigenvalue weighted by atomic mass is 10.0. The van der Waals surface area contributed by atoms with Crippen molar-refractivity contribution in [3.05, 3.63) is 35.3 Å². The van der Waals surface area contributed by atoms with Crippen LogP contribution in [0.3, 0.4) is 0 Å². The maximum absolute atomic E-state index is 13.1. The van der Waals surface area contributed by atoms with Gasteiger partial charge in [0, 0.05) is 10.9 Å². The van der Waals surface area contributed by atoms with Crippen molar-refractivity contribution in [3.8, 4) is 0 Å². The van der Waals surface area contributed by atoms with Gasteiger partial charge in [-0.1, -0.05) is 13.8 Å². The van der Waals surface area contributed by atoms with Gasteiger partial charge in [0.1, 0.15) is 23.3 Å². The molecule has 1 aromatic carbocycles. The van der Waals surface area contributed by atoms with Crippen molar-refractivity contribution in [2.75, 3.05) is 0 Å². The molecule has 3 heteroatoms. The summed E-state index contributed by atoms with van der Waals surface area (Å²) in [4.78, 5) is 0. The third-order valence-electron chi connectivity index (χ3n) is 2.84. The Bertz CT molecular complexity index is 514. The Labute approximate surface area is 93.7 Å². The van der Waals surface area contributed by atoms with Gasteiger partial charge in [-0.05, 0) is 31.0 Å². The smallest absolute Gasteiger partial charge is 0.136 e. The van der Waals surface area contributed by atoms with Gasteiger partial charge in [0.25, 0.3) is 0 Å². The third-order valence-corrected chi connectivity index (χ3v) is 2.84. The number of aryl methyl sites for hydroxylation is 1. The standard InChI is InChI=1S/C13H15FO2/c1-7(2)12(15)13-8(3)10-6-9(14)4-5-11(10)16-13/h4-7,12,15H,1-3H3. The fourth-order valence-corrected chi connectivity index (χ4v) is 1.80. The van der Waals surface area contributed by atoms with Gasteiger partial charge in [-0.25, -0.2) is 4.39 Å². The van der Waals surface area contributed by atoms with Gasteiger partial charge in [-0.3, -0.25) is 0 Å². The van der Waals surface area contributed by atoms with Crippen LogP contribution < -0.4 is 0 Å². The van der Waals surface area contributed by atoms with E-state index in [1.165, 1.54) is 12.1 Å². The molecule has 1 unspecified atom stereocenters. The zero-order valence-corrected chi connectivity index (χ0v) is 9.62. The van der Waals surface area contributed by atoms with Crippen molar-refractivity contribution in [1.29, 1.82) is 0 Å². The lowest BCUT2D eigenvalue weighted by molar-refractivity contribution is 0.104. The number of fused-ring (bicyclic) bond motifs is 1. The van der Waals surface area contributed by atoms with E-state index in [9.17, 15) is 9.50 Å². The molecule has 0 fully saturated rings. The van der Waals surface area contributed by atoms with E-state index in [0.29, 0.717) is 11.3 Å². The van der Waals surface area contributed by atoms with Gasteiger partial charge in [0.15, 0.2) is 0 Å². The van der Waals surface area contributed by atoms with E-state index in [1.807, 2.05) is 20.8 Å². The molecule has 0 amide bonds. The highest BCUT2D eigenvalue weighted by atomic mass is 19.1. The van der Waals surface area contributed by atoms with Crippen LogP contribution in [-0.4, -0.2) is 5.11 Å². The molecule has 0 spiro atoms. The van der Waals surface area contributed by atoms with E-state index in [-0.39, 0.29) is 11.7 Å². The molecule has 0 saturated heterocycles. The van der Waals surface area contributed by atoms with Gasteiger partial charge in [-0.2, -0.15) is 0 Å². The van der Waals surface area contributed by atoms with Crippen molar-refractivity contribution in [1.82, 2.24) is 0 Å². The van der Waals surface area contributed by atoms with Crippen LogP contribution in [0.15, 0.2) is 22.6 Å². The molecule has 1 aromatic heterocycles. The number of benzene rings is 1. The van der Waals surface area contributed by atoms with E-state index in [1.54, 1.807) is 6.07 Å². The monoisotopic (exact) mass is 222 g/mol. The normalized spacial score (nSPS) is 13.6. The summed E-state index contributed by atoms with van der Waals surface area (Å²) >= 11 is 0. The summed E-state index contributed by atoms with van der Waals surface area (Å²) in [6, 6.07) is 4.38. The molecule has 0 bridgehead atoms. The molecule has 0 aliphatic heterocycles.